The number of benzene rings is 1. The normalized spacial score (nSPS) is 15.3. The number of hydrogen-bond donors (Lipinski definition) is 0. The van der Waals surface area contributed by atoms with Gasteiger partial charge in [0.1, 0.15) is 12.1 Å². The minimum Gasteiger partial charge on any atom is -0.456 e. The Hall–Kier alpha value is -2.17. The Bertz CT molecular complexity index is 613. The number of nitrogens with zero attached hydrogens (tertiary/aromatic N) is 3. The first-order valence-electron chi connectivity index (χ1n) is 4.94. The van der Waals surface area contributed by atoms with Gasteiger partial charge in [0.15, 0.2) is 0 Å². The van der Waals surface area contributed by atoms with Gasteiger partial charge in [-0.25, -0.2) is 9.48 Å². The molecule has 0 saturated carbocycles. The molecule has 0 atom stereocenters. The molecule has 0 saturated heterocycles. The van der Waals surface area contributed by atoms with Crippen LogP contribution in [0.15, 0.2) is 24.3 Å². The number of aryl methyl sites for hydroxylation is 1. The molecule has 0 unspecified atom stereocenters. The second-order valence-corrected chi connectivity index (χ2v) is 3.74. The van der Waals surface area contributed by atoms with Crippen molar-refractivity contribution in [1.82, 2.24) is 15.0 Å². The van der Waals surface area contributed by atoms with Gasteiger partial charge in [-0.05, 0) is 24.6 Å². The lowest BCUT2D eigenvalue weighted by Crippen LogP contribution is -2.01. The van der Waals surface area contributed by atoms with E-state index in [-0.39, 0.29) is 12.6 Å². The first-order chi connectivity index (χ1) is 7.74. The van der Waals surface area contributed by atoms with E-state index in [1.165, 1.54) is 6.08 Å². The molecule has 1 aromatic heterocycles. The minimum absolute atomic E-state index is 0.255. The first-order valence-corrected chi connectivity index (χ1v) is 4.94. The minimum atomic E-state index is -0.328. The third-order valence-electron chi connectivity index (χ3n) is 2.52. The number of esters is 1. The van der Waals surface area contributed by atoms with Gasteiger partial charge in [-0.3, -0.25) is 0 Å². The van der Waals surface area contributed by atoms with Crippen molar-refractivity contribution >= 4 is 22.7 Å². The van der Waals surface area contributed by atoms with Gasteiger partial charge < -0.3 is 4.74 Å². The molecule has 3 rings (SSSR count). The lowest BCUT2D eigenvalue weighted by atomic mass is 10.2. The average molecular weight is 215 g/mol. The Morgan fingerprint density at radius 3 is 3.06 bits per heavy atom. The summed E-state index contributed by atoms with van der Waals surface area (Å²) in [6.07, 6.45) is 1.44. The van der Waals surface area contributed by atoms with Crippen LogP contribution in [0.5, 0.6) is 0 Å². The second kappa shape index (κ2) is 3.16. The Balaban J connectivity index is 2.18. The number of carbonyl (C=O) groups excluding carboxylic acids is 1. The molecule has 0 aliphatic carbocycles. The number of cyclic esters (lactones) is 1. The standard InChI is InChI=1S/C11H9N3O2/c1-7-2-3-10-9(4-7)12-13-14(10)8-5-11(15)16-6-8/h2-5H,6H2,1H3. The van der Waals surface area contributed by atoms with Gasteiger partial charge in [0.05, 0.1) is 11.2 Å². The topological polar surface area (TPSA) is 57.0 Å². The summed E-state index contributed by atoms with van der Waals surface area (Å²) in [5.74, 6) is -0.328. The summed E-state index contributed by atoms with van der Waals surface area (Å²) in [7, 11) is 0. The van der Waals surface area contributed by atoms with Crippen LogP contribution in [0.2, 0.25) is 0 Å². The SMILES string of the molecule is Cc1ccc2c(c1)nnn2C1=CC(=O)OC1. The largest absolute Gasteiger partial charge is 0.456 e. The molecule has 1 aromatic carbocycles. The van der Waals surface area contributed by atoms with Gasteiger partial charge in [-0.2, -0.15) is 0 Å². The van der Waals surface area contributed by atoms with Gasteiger partial charge in [-0.15, -0.1) is 5.10 Å². The second-order valence-electron chi connectivity index (χ2n) is 3.74. The summed E-state index contributed by atoms with van der Waals surface area (Å²) in [5, 5.41) is 8.07. The molecule has 0 radical (unpaired) electrons. The number of hydrogen-bond acceptors (Lipinski definition) is 4. The Kier molecular flexibility index (Phi) is 1.80. The number of rotatable bonds is 1. The van der Waals surface area contributed by atoms with Crippen molar-refractivity contribution < 1.29 is 9.53 Å². The molecule has 0 amide bonds. The van der Waals surface area contributed by atoms with Gasteiger partial charge in [0, 0.05) is 6.08 Å². The van der Waals surface area contributed by atoms with Crippen molar-refractivity contribution in [3.05, 3.63) is 29.8 Å². The maximum atomic E-state index is 11.0. The fourth-order valence-electron chi connectivity index (χ4n) is 1.73. The van der Waals surface area contributed by atoms with Crippen molar-refractivity contribution in [2.24, 2.45) is 0 Å². The summed E-state index contributed by atoms with van der Waals surface area (Å²) >= 11 is 0. The number of fused-ring (bicyclic) bond motifs is 1. The number of aromatic nitrogens is 3. The van der Waals surface area contributed by atoms with E-state index in [9.17, 15) is 4.79 Å². The fourth-order valence-corrected chi connectivity index (χ4v) is 1.73. The van der Waals surface area contributed by atoms with E-state index < -0.39 is 0 Å². The van der Waals surface area contributed by atoms with E-state index in [4.69, 9.17) is 4.74 Å². The smallest absolute Gasteiger partial charge is 0.333 e. The van der Waals surface area contributed by atoms with E-state index in [0.29, 0.717) is 0 Å². The number of carbonyl (C=O) groups is 1. The van der Waals surface area contributed by atoms with E-state index in [1.54, 1.807) is 4.68 Å². The third kappa shape index (κ3) is 1.29. The first kappa shape index (κ1) is 9.08. The number of ether oxygens (including phenoxy) is 1. The molecule has 5 heteroatoms. The molecule has 0 bridgehead atoms. The lowest BCUT2D eigenvalue weighted by molar-refractivity contribution is -0.134. The summed E-state index contributed by atoms with van der Waals surface area (Å²) < 4.78 is 6.48. The highest BCUT2D eigenvalue weighted by atomic mass is 16.5. The average Bonchev–Trinajstić information content (AvgIpc) is 2.83. The molecule has 0 fully saturated rings. The van der Waals surface area contributed by atoms with Gasteiger partial charge in [0.25, 0.3) is 0 Å². The molecule has 16 heavy (non-hydrogen) atoms. The molecule has 1 aliphatic rings. The molecule has 2 aromatic rings. The Morgan fingerprint density at radius 1 is 1.44 bits per heavy atom. The third-order valence-corrected chi connectivity index (χ3v) is 2.52. The van der Waals surface area contributed by atoms with E-state index >= 15 is 0 Å². The van der Waals surface area contributed by atoms with Crippen LogP contribution >= 0.6 is 0 Å². The molecule has 2 heterocycles. The van der Waals surface area contributed by atoms with Gasteiger partial charge >= 0.3 is 5.97 Å². The van der Waals surface area contributed by atoms with Crippen LogP contribution in [-0.4, -0.2) is 27.6 Å². The zero-order valence-electron chi connectivity index (χ0n) is 8.67. The highest BCUT2D eigenvalue weighted by Crippen LogP contribution is 2.19. The Labute approximate surface area is 91.3 Å². The molecule has 80 valence electrons. The molecule has 0 N–H and O–H groups in total. The van der Waals surface area contributed by atoms with Gasteiger partial charge in [0.2, 0.25) is 0 Å². The van der Waals surface area contributed by atoms with Crippen molar-refractivity contribution in [2.45, 2.75) is 6.92 Å². The van der Waals surface area contributed by atoms with E-state index in [2.05, 4.69) is 10.3 Å². The van der Waals surface area contributed by atoms with Crippen LogP contribution < -0.4 is 0 Å². The lowest BCUT2D eigenvalue weighted by Gasteiger charge is -2.00. The van der Waals surface area contributed by atoms with Crippen LogP contribution in [0.1, 0.15) is 5.56 Å². The van der Waals surface area contributed by atoms with Crippen LogP contribution in [0.25, 0.3) is 16.7 Å². The predicted octanol–water partition coefficient (Wildman–Crippen LogP) is 1.14. The van der Waals surface area contributed by atoms with Crippen molar-refractivity contribution in [1.29, 1.82) is 0 Å². The predicted molar refractivity (Wildman–Crippen MR) is 57.5 cm³/mol. The van der Waals surface area contributed by atoms with Gasteiger partial charge in [-0.1, -0.05) is 11.3 Å². The van der Waals surface area contributed by atoms with Crippen molar-refractivity contribution in [2.75, 3.05) is 6.61 Å². The monoisotopic (exact) mass is 215 g/mol. The van der Waals surface area contributed by atoms with E-state index in [0.717, 1.165) is 22.3 Å². The summed E-state index contributed by atoms with van der Waals surface area (Å²) in [6.45, 7) is 2.26. The van der Waals surface area contributed by atoms with Crippen molar-refractivity contribution in [3.8, 4) is 0 Å². The zero-order chi connectivity index (χ0) is 11.1. The maximum absolute atomic E-state index is 11.0. The Morgan fingerprint density at radius 2 is 2.31 bits per heavy atom. The molecular weight excluding hydrogens is 206 g/mol. The molecule has 1 aliphatic heterocycles. The summed E-state index contributed by atoms with van der Waals surface area (Å²) in [4.78, 5) is 11.0. The highest BCUT2D eigenvalue weighted by molar-refractivity contribution is 5.93. The maximum Gasteiger partial charge on any atom is 0.333 e. The van der Waals surface area contributed by atoms with Crippen LogP contribution in [0.4, 0.5) is 0 Å². The quantitative estimate of drug-likeness (QED) is 0.669. The van der Waals surface area contributed by atoms with Crippen LogP contribution in [0, 0.1) is 6.92 Å². The molecule has 0 spiro atoms. The fraction of sp³-hybridized carbons (Fsp3) is 0.182. The van der Waals surface area contributed by atoms with Crippen molar-refractivity contribution in [3.63, 3.8) is 0 Å². The summed E-state index contributed by atoms with van der Waals surface area (Å²) in [5.41, 5.74) is 3.55. The summed E-state index contributed by atoms with van der Waals surface area (Å²) in [6, 6.07) is 5.88. The highest BCUT2D eigenvalue weighted by Gasteiger charge is 2.17. The molecular formula is C11H9N3O2. The zero-order valence-corrected chi connectivity index (χ0v) is 8.67. The molecule has 5 nitrogen and oxygen atoms in total. The van der Waals surface area contributed by atoms with E-state index in [1.807, 2.05) is 25.1 Å². The van der Waals surface area contributed by atoms with Crippen LogP contribution in [-0.2, 0) is 9.53 Å². The van der Waals surface area contributed by atoms with Crippen LogP contribution in [0.3, 0.4) is 0 Å².